The lowest BCUT2D eigenvalue weighted by Gasteiger charge is -2.33. The van der Waals surface area contributed by atoms with Crippen LogP contribution in [-0.4, -0.2) is 42.6 Å². The highest BCUT2D eigenvalue weighted by molar-refractivity contribution is 5.98. The Morgan fingerprint density at radius 3 is 2.48 bits per heavy atom. The average molecular weight is 348 g/mol. The Kier molecular flexibility index (Phi) is 6.38. The maximum absolute atomic E-state index is 11.8. The Balaban J connectivity index is 2.12. The van der Waals surface area contributed by atoms with Crippen LogP contribution in [0.15, 0.2) is 18.2 Å². The fourth-order valence-corrected chi connectivity index (χ4v) is 2.93. The molecule has 25 heavy (non-hydrogen) atoms. The van der Waals surface area contributed by atoms with E-state index in [-0.39, 0.29) is 23.4 Å². The number of rotatable bonds is 6. The number of nitrogens with zero attached hydrogens (tertiary/aromatic N) is 1. The first-order valence-corrected chi connectivity index (χ1v) is 8.55. The number of hydrogen-bond donors (Lipinski definition) is 2. The van der Waals surface area contributed by atoms with E-state index in [2.05, 4.69) is 5.32 Å². The molecule has 0 bridgehead atoms. The molecule has 0 spiro atoms. The Morgan fingerprint density at radius 2 is 1.92 bits per heavy atom. The van der Waals surface area contributed by atoms with Crippen LogP contribution in [0.25, 0.3) is 0 Å². The van der Waals surface area contributed by atoms with Gasteiger partial charge in [0.15, 0.2) is 0 Å². The maximum Gasteiger partial charge on any atom is 0.337 e. The van der Waals surface area contributed by atoms with Crippen LogP contribution in [0.3, 0.4) is 0 Å². The van der Waals surface area contributed by atoms with E-state index < -0.39 is 5.97 Å². The van der Waals surface area contributed by atoms with Crippen LogP contribution in [0.2, 0.25) is 0 Å². The molecule has 1 aliphatic rings. The summed E-state index contributed by atoms with van der Waals surface area (Å²) in [6.07, 6.45) is 1.59. The van der Waals surface area contributed by atoms with E-state index in [9.17, 15) is 19.5 Å². The molecule has 2 N–H and O–H groups in total. The predicted molar refractivity (Wildman–Crippen MR) is 93.9 cm³/mol. The van der Waals surface area contributed by atoms with Gasteiger partial charge in [-0.15, -0.1) is 0 Å². The summed E-state index contributed by atoms with van der Waals surface area (Å²) >= 11 is 0. The Morgan fingerprint density at radius 1 is 1.24 bits per heavy atom. The molecule has 0 saturated carbocycles. The molecule has 1 aliphatic heterocycles. The van der Waals surface area contributed by atoms with Crippen LogP contribution >= 0.6 is 0 Å². The van der Waals surface area contributed by atoms with Crippen molar-refractivity contribution in [1.29, 1.82) is 0 Å². The summed E-state index contributed by atoms with van der Waals surface area (Å²) in [5, 5.41) is 12.2. The Labute approximate surface area is 147 Å². The van der Waals surface area contributed by atoms with Crippen LogP contribution in [0.1, 0.15) is 43.5 Å². The lowest BCUT2D eigenvalue weighted by molar-refractivity contribution is -0.148. The molecule has 0 unspecified atom stereocenters. The number of carboxylic acids is 1. The van der Waals surface area contributed by atoms with Gasteiger partial charge in [-0.05, 0) is 38.0 Å². The summed E-state index contributed by atoms with van der Waals surface area (Å²) < 4.78 is 5.06. The van der Waals surface area contributed by atoms with Crippen molar-refractivity contribution in [2.75, 3.05) is 29.9 Å². The number of nitrogens with one attached hydrogen (secondary N) is 1. The van der Waals surface area contributed by atoms with Crippen LogP contribution in [0.5, 0.6) is 0 Å². The van der Waals surface area contributed by atoms with E-state index in [4.69, 9.17) is 4.74 Å². The first-order chi connectivity index (χ1) is 12.0. The lowest BCUT2D eigenvalue weighted by Crippen LogP contribution is -2.37. The second-order valence-electron chi connectivity index (χ2n) is 5.95. The molecule has 1 saturated heterocycles. The summed E-state index contributed by atoms with van der Waals surface area (Å²) in [7, 11) is 0. The standard InChI is InChI=1S/C18H24N2O5/c1-3-16(21)19-13-5-6-15(14(11-13)17(22)23)20-9-7-12(8-10-20)18(24)25-4-2/h5-6,11-12H,3-4,7-10H2,1-2H3,(H,19,21)(H,22,23). The molecule has 1 heterocycles. The van der Waals surface area contributed by atoms with Gasteiger partial charge < -0.3 is 20.1 Å². The fourth-order valence-electron chi connectivity index (χ4n) is 2.93. The number of carbonyl (C=O) groups is 3. The SMILES string of the molecule is CCOC(=O)C1CCN(c2ccc(NC(=O)CC)cc2C(=O)O)CC1. The highest BCUT2D eigenvalue weighted by Gasteiger charge is 2.28. The molecule has 0 aliphatic carbocycles. The molecule has 0 atom stereocenters. The molecular weight excluding hydrogens is 324 g/mol. The van der Waals surface area contributed by atoms with E-state index in [1.807, 2.05) is 4.90 Å². The molecule has 0 radical (unpaired) electrons. The second kappa shape index (κ2) is 8.50. The number of carbonyl (C=O) groups excluding carboxylic acids is 2. The molecule has 1 fully saturated rings. The molecule has 136 valence electrons. The number of amides is 1. The van der Waals surface area contributed by atoms with Gasteiger partial charge >= 0.3 is 11.9 Å². The van der Waals surface area contributed by atoms with Crippen molar-refractivity contribution in [3.8, 4) is 0 Å². The predicted octanol–water partition coefficient (Wildman–Crippen LogP) is 2.51. The minimum atomic E-state index is -1.05. The highest BCUT2D eigenvalue weighted by Crippen LogP contribution is 2.29. The van der Waals surface area contributed by atoms with Crippen molar-refractivity contribution in [3.63, 3.8) is 0 Å². The third-order valence-corrected chi connectivity index (χ3v) is 4.29. The van der Waals surface area contributed by atoms with Crippen LogP contribution in [0.4, 0.5) is 11.4 Å². The van der Waals surface area contributed by atoms with Crippen LogP contribution < -0.4 is 10.2 Å². The first kappa shape index (κ1) is 18.8. The highest BCUT2D eigenvalue weighted by atomic mass is 16.5. The van der Waals surface area contributed by atoms with Crippen molar-refractivity contribution in [1.82, 2.24) is 0 Å². The van der Waals surface area contributed by atoms with E-state index in [1.54, 1.807) is 26.0 Å². The smallest absolute Gasteiger partial charge is 0.337 e. The Hall–Kier alpha value is -2.57. The number of anilines is 2. The number of piperidine rings is 1. The number of benzene rings is 1. The monoisotopic (exact) mass is 348 g/mol. The van der Waals surface area contributed by atoms with Crippen molar-refractivity contribution in [3.05, 3.63) is 23.8 Å². The first-order valence-electron chi connectivity index (χ1n) is 8.55. The normalized spacial score (nSPS) is 14.9. The van der Waals surface area contributed by atoms with Gasteiger partial charge in [0.1, 0.15) is 0 Å². The molecule has 1 aromatic rings. The Bertz CT molecular complexity index is 651. The number of hydrogen-bond acceptors (Lipinski definition) is 5. The minimum Gasteiger partial charge on any atom is -0.478 e. The van der Waals surface area contributed by atoms with Gasteiger partial charge in [-0.3, -0.25) is 9.59 Å². The zero-order chi connectivity index (χ0) is 18.4. The third-order valence-electron chi connectivity index (χ3n) is 4.29. The van der Waals surface area contributed by atoms with Gasteiger partial charge in [-0.2, -0.15) is 0 Å². The van der Waals surface area contributed by atoms with Crippen LogP contribution in [0, 0.1) is 5.92 Å². The molecule has 1 amide bonds. The molecular formula is C18H24N2O5. The van der Waals surface area contributed by atoms with E-state index in [0.717, 1.165) is 0 Å². The van der Waals surface area contributed by atoms with Gasteiger partial charge in [-0.1, -0.05) is 6.92 Å². The average Bonchev–Trinajstić information content (AvgIpc) is 2.62. The van der Waals surface area contributed by atoms with Gasteiger partial charge in [-0.25, -0.2) is 4.79 Å². The van der Waals surface area contributed by atoms with Gasteiger partial charge in [0.05, 0.1) is 23.8 Å². The van der Waals surface area contributed by atoms with Crippen molar-refractivity contribution < 1.29 is 24.2 Å². The topological polar surface area (TPSA) is 95.9 Å². The largest absolute Gasteiger partial charge is 0.478 e. The van der Waals surface area contributed by atoms with E-state index in [0.29, 0.717) is 50.3 Å². The molecule has 7 nitrogen and oxygen atoms in total. The summed E-state index contributed by atoms with van der Waals surface area (Å²) in [4.78, 5) is 36.9. The number of carboxylic acid groups (broad SMARTS) is 1. The summed E-state index contributed by atoms with van der Waals surface area (Å²) in [5.41, 5.74) is 1.21. The quantitative estimate of drug-likeness (QED) is 0.767. The molecule has 7 heteroatoms. The van der Waals surface area contributed by atoms with E-state index in [1.165, 1.54) is 6.07 Å². The molecule has 0 aromatic heterocycles. The number of aromatic carboxylic acids is 1. The fraction of sp³-hybridized carbons (Fsp3) is 0.500. The summed E-state index contributed by atoms with van der Waals surface area (Å²) in [6, 6.07) is 4.88. The molecule has 2 rings (SSSR count). The van der Waals surface area contributed by atoms with Crippen molar-refractivity contribution in [2.24, 2.45) is 5.92 Å². The van der Waals surface area contributed by atoms with Gasteiger partial charge in [0, 0.05) is 25.2 Å². The van der Waals surface area contributed by atoms with Crippen molar-refractivity contribution in [2.45, 2.75) is 33.1 Å². The summed E-state index contributed by atoms with van der Waals surface area (Å²) in [6.45, 7) is 5.06. The zero-order valence-corrected chi connectivity index (χ0v) is 14.6. The minimum absolute atomic E-state index is 0.132. The van der Waals surface area contributed by atoms with Gasteiger partial charge in [0.2, 0.25) is 5.91 Å². The number of ether oxygens (including phenoxy) is 1. The van der Waals surface area contributed by atoms with E-state index >= 15 is 0 Å². The molecule has 1 aromatic carbocycles. The number of esters is 1. The third kappa shape index (κ3) is 4.71. The maximum atomic E-state index is 11.8. The zero-order valence-electron chi connectivity index (χ0n) is 14.6. The van der Waals surface area contributed by atoms with Crippen LogP contribution in [-0.2, 0) is 14.3 Å². The lowest BCUT2D eigenvalue weighted by atomic mass is 9.96. The van der Waals surface area contributed by atoms with Gasteiger partial charge in [0.25, 0.3) is 0 Å². The second-order valence-corrected chi connectivity index (χ2v) is 5.95. The van der Waals surface area contributed by atoms with Crippen molar-refractivity contribution >= 4 is 29.2 Å². The summed E-state index contributed by atoms with van der Waals surface area (Å²) in [5.74, 6) is -1.53.